The lowest BCUT2D eigenvalue weighted by molar-refractivity contribution is -0.120. The van der Waals surface area contributed by atoms with Crippen LogP contribution in [0.25, 0.3) is 10.9 Å². The van der Waals surface area contributed by atoms with Gasteiger partial charge in [-0.05, 0) is 24.0 Å². The average molecular weight is 462 g/mol. The van der Waals surface area contributed by atoms with Crippen LogP contribution in [0.5, 0.6) is 0 Å². The molecule has 1 aliphatic rings. The fourth-order valence-corrected chi connectivity index (χ4v) is 4.12. The van der Waals surface area contributed by atoms with E-state index in [1.165, 1.54) is 24.1 Å². The number of methoxy groups -OCH3 is 1. The van der Waals surface area contributed by atoms with Gasteiger partial charge >= 0.3 is 5.69 Å². The molecule has 1 amide bonds. The predicted octanol–water partition coefficient (Wildman–Crippen LogP) is 2.26. The summed E-state index contributed by atoms with van der Waals surface area (Å²) in [5, 5.41) is 9.49. The molecule has 1 aromatic carbocycles. The van der Waals surface area contributed by atoms with Gasteiger partial charge in [0, 0.05) is 32.3 Å². The number of ether oxygens (including phenoxy) is 1. The summed E-state index contributed by atoms with van der Waals surface area (Å²) in [4.78, 5) is 37.2. The molecule has 9 nitrogen and oxygen atoms in total. The lowest BCUT2D eigenvalue weighted by atomic mass is 9.87. The van der Waals surface area contributed by atoms with Crippen LogP contribution in [-0.4, -0.2) is 33.6 Å². The van der Waals surface area contributed by atoms with Crippen molar-refractivity contribution in [3.05, 3.63) is 56.2 Å². The van der Waals surface area contributed by atoms with Crippen LogP contribution in [0, 0.1) is 5.92 Å². The van der Waals surface area contributed by atoms with Gasteiger partial charge in [-0.2, -0.15) is 5.11 Å². The minimum atomic E-state index is -0.533. The van der Waals surface area contributed by atoms with Crippen LogP contribution < -0.4 is 16.7 Å². The van der Waals surface area contributed by atoms with Gasteiger partial charge < -0.3 is 4.74 Å². The molecule has 1 N–H and O–H groups in total. The smallest absolute Gasteiger partial charge is 0.330 e. The third-order valence-corrected chi connectivity index (χ3v) is 5.93. The van der Waals surface area contributed by atoms with Gasteiger partial charge in [-0.1, -0.05) is 29.6 Å². The summed E-state index contributed by atoms with van der Waals surface area (Å²) in [7, 11) is 4.39. The summed E-state index contributed by atoms with van der Waals surface area (Å²) in [5.41, 5.74) is 2.31. The summed E-state index contributed by atoms with van der Waals surface area (Å²) < 4.78 is 21.4. The highest BCUT2D eigenvalue weighted by Gasteiger charge is 2.27. The highest BCUT2D eigenvalue weighted by molar-refractivity contribution is 7.79. The van der Waals surface area contributed by atoms with Crippen molar-refractivity contribution >= 4 is 34.4 Å². The normalized spacial score (nSPS) is 17.6. The second-order valence-corrected chi connectivity index (χ2v) is 7.88. The van der Waals surface area contributed by atoms with Crippen molar-refractivity contribution in [3.8, 4) is 0 Å². The standard InChI is InChI=1S/C21H24FN5O4S/c1-26-16-6-4-5-13(19(16)20(29)27(2)21(26)30)10-18(28)24-25-23-15(11-32)12-7-8-17(31-3)14(22)9-12/h4-6,11-12,15H,7-10H2,1-3H3,(H,23,24,28). The van der Waals surface area contributed by atoms with Crippen molar-refractivity contribution < 1.29 is 13.9 Å². The Labute approximate surface area is 188 Å². The van der Waals surface area contributed by atoms with Crippen molar-refractivity contribution in [3.63, 3.8) is 0 Å². The number of aromatic nitrogens is 2. The van der Waals surface area contributed by atoms with Gasteiger partial charge in [-0.25, -0.2) is 14.6 Å². The first-order valence-corrected chi connectivity index (χ1v) is 10.5. The quantitative estimate of drug-likeness (QED) is 0.387. The largest absolute Gasteiger partial charge is 0.498 e. The Morgan fingerprint density at radius 3 is 2.78 bits per heavy atom. The number of rotatable bonds is 7. The van der Waals surface area contributed by atoms with E-state index in [1.807, 2.05) is 0 Å². The molecule has 2 aromatic rings. The molecular formula is C21H24FN5O4S. The van der Waals surface area contributed by atoms with Crippen LogP contribution in [0.3, 0.4) is 0 Å². The van der Waals surface area contributed by atoms with Crippen molar-refractivity contribution in [1.29, 1.82) is 0 Å². The summed E-state index contributed by atoms with van der Waals surface area (Å²) in [6.07, 6.45) is 1.10. The van der Waals surface area contributed by atoms with Crippen molar-refractivity contribution in [2.24, 2.45) is 30.4 Å². The van der Waals surface area contributed by atoms with Crippen LogP contribution in [0.4, 0.5) is 4.39 Å². The third-order valence-electron chi connectivity index (χ3n) is 5.65. The number of hydrogen-bond donors (Lipinski definition) is 1. The number of carbonyl (C=O) groups excluding carboxylic acids is 1. The summed E-state index contributed by atoms with van der Waals surface area (Å²) in [6.45, 7) is 0. The molecule has 32 heavy (non-hydrogen) atoms. The SMILES string of the molecule is COC1=C(F)CC(C(C=S)N=NNC(=O)Cc2cccc3c2c(=O)n(C)c(=O)n3C)CC1. The highest BCUT2D eigenvalue weighted by atomic mass is 32.1. The second-order valence-electron chi connectivity index (χ2n) is 7.61. The molecule has 1 heterocycles. The van der Waals surface area contributed by atoms with E-state index < -0.39 is 23.2 Å². The Morgan fingerprint density at radius 2 is 2.12 bits per heavy atom. The molecule has 0 aliphatic heterocycles. The minimum Gasteiger partial charge on any atom is -0.498 e. The van der Waals surface area contributed by atoms with E-state index in [1.54, 1.807) is 25.2 Å². The zero-order valence-corrected chi connectivity index (χ0v) is 18.8. The molecule has 0 saturated carbocycles. The van der Waals surface area contributed by atoms with E-state index in [2.05, 4.69) is 15.8 Å². The number of benzene rings is 1. The van der Waals surface area contributed by atoms with Crippen LogP contribution in [0.15, 0.2) is 49.7 Å². The Morgan fingerprint density at radius 1 is 1.38 bits per heavy atom. The number of amides is 1. The van der Waals surface area contributed by atoms with E-state index in [9.17, 15) is 18.8 Å². The zero-order chi connectivity index (χ0) is 23.4. The van der Waals surface area contributed by atoms with Crippen LogP contribution >= 0.6 is 12.2 Å². The molecule has 0 radical (unpaired) electrons. The van der Waals surface area contributed by atoms with Gasteiger partial charge in [0.25, 0.3) is 5.56 Å². The molecule has 2 atom stereocenters. The molecule has 11 heteroatoms. The molecule has 0 bridgehead atoms. The molecule has 1 aromatic heterocycles. The topological polar surface area (TPSA) is 107 Å². The maximum Gasteiger partial charge on any atom is 0.330 e. The molecule has 170 valence electrons. The number of halogens is 1. The lowest BCUT2D eigenvalue weighted by Crippen LogP contribution is -2.37. The summed E-state index contributed by atoms with van der Waals surface area (Å²) in [6, 6.07) is 4.44. The zero-order valence-electron chi connectivity index (χ0n) is 18.0. The first kappa shape index (κ1) is 23.5. The number of hydrogen-bond acceptors (Lipinski definition) is 7. The van der Waals surface area contributed by atoms with Crippen LogP contribution in [0.2, 0.25) is 0 Å². The first-order chi connectivity index (χ1) is 15.3. The van der Waals surface area contributed by atoms with E-state index in [0.717, 1.165) is 4.57 Å². The average Bonchev–Trinajstić information content (AvgIpc) is 2.79. The first-order valence-electron chi connectivity index (χ1n) is 10.0. The third kappa shape index (κ3) is 4.67. The minimum absolute atomic E-state index is 0.135. The van der Waals surface area contributed by atoms with Gasteiger partial charge in [-0.15, -0.1) is 0 Å². The number of carbonyl (C=O) groups is 1. The Kier molecular flexibility index (Phi) is 7.29. The molecule has 2 unspecified atom stereocenters. The number of nitrogens with one attached hydrogen (secondary N) is 1. The number of nitrogens with zero attached hydrogens (tertiary/aromatic N) is 4. The summed E-state index contributed by atoms with van der Waals surface area (Å²) >= 11 is 5.01. The second kappa shape index (κ2) is 9.94. The van der Waals surface area contributed by atoms with Crippen LogP contribution in [-0.2, 0) is 30.0 Å². The number of aryl methyl sites for hydroxylation is 1. The van der Waals surface area contributed by atoms with Crippen LogP contribution in [0.1, 0.15) is 24.8 Å². The molecule has 0 saturated heterocycles. The molecular weight excluding hydrogens is 437 g/mol. The fourth-order valence-electron chi connectivity index (χ4n) is 3.84. The van der Waals surface area contributed by atoms with Crippen molar-refractivity contribution in [2.75, 3.05) is 7.11 Å². The van der Waals surface area contributed by atoms with E-state index in [-0.39, 0.29) is 24.6 Å². The van der Waals surface area contributed by atoms with E-state index in [0.29, 0.717) is 35.1 Å². The van der Waals surface area contributed by atoms with Crippen molar-refractivity contribution in [1.82, 2.24) is 14.6 Å². The highest BCUT2D eigenvalue weighted by Crippen LogP contribution is 2.33. The van der Waals surface area contributed by atoms with Gasteiger partial charge in [0.15, 0.2) is 0 Å². The molecule has 0 fully saturated rings. The number of fused-ring (bicyclic) bond motifs is 1. The van der Waals surface area contributed by atoms with Gasteiger partial charge in [0.1, 0.15) is 17.6 Å². The maximum absolute atomic E-state index is 14.0. The predicted molar refractivity (Wildman–Crippen MR) is 121 cm³/mol. The monoisotopic (exact) mass is 461 g/mol. The molecule has 0 spiro atoms. The lowest BCUT2D eigenvalue weighted by Gasteiger charge is -2.24. The van der Waals surface area contributed by atoms with Gasteiger partial charge in [0.05, 0.1) is 24.4 Å². The van der Waals surface area contributed by atoms with Gasteiger partial charge in [0.2, 0.25) is 5.91 Å². The van der Waals surface area contributed by atoms with Crippen molar-refractivity contribution in [2.45, 2.75) is 31.7 Å². The number of allylic oxidation sites excluding steroid dienone is 2. The molecule has 1 aliphatic carbocycles. The van der Waals surface area contributed by atoms with E-state index in [4.69, 9.17) is 17.0 Å². The van der Waals surface area contributed by atoms with Gasteiger partial charge in [-0.3, -0.25) is 18.7 Å². The molecule has 3 rings (SSSR count). The Bertz CT molecular complexity index is 1230. The maximum atomic E-state index is 14.0. The van der Waals surface area contributed by atoms with E-state index >= 15 is 0 Å². The Hall–Kier alpha value is -3.21. The Balaban J connectivity index is 1.73. The summed E-state index contributed by atoms with van der Waals surface area (Å²) in [5.74, 6) is -0.642. The fraction of sp³-hybridized carbons (Fsp3) is 0.429. The number of thiocarbonyl (C=S) groups is 1.